The number of rotatable bonds is 11. The zero-order chi connectivity index (χ0) is 30.6. The molecule has 0 radical (unpaired) electrons. The lowest BCUT2D eigenvalue weighted by atomic mass is 10.1. The van der Waals surface area contributed by atoms with Crippen LogP contribution in [-0.4, -0.2) is 43.0 Å². The summed E-state index contributed by atoms with van der Waals surface area (Å²) in [7, 11) is 1.38. The molecule has 0 amide bonds. The number of thiazole rings is 1. The fourth-order valence-corrected chi connectivity index (χ4v) is 5.65. The number of para-hydroxylation sites is 1. The van der Waals surface area contributed by atoms with Gasteiger partial charge in [-0.2, -0.15) is 14.6 Å². The molecule has 0 aliphatic carbocycles. The van der Waals surface area contributed by atoms with E-state index in [9.17, 15) is 14.9 Å². The maximum atomic E-state index is 13.4. The van der Waals surface area contributed by atoms with Crippen molar-refractivity contribution in [1.29, 1.82) is 0 Å². The van der Waals surface area contributed by atoms with Crippen LogP contribution < -0.4 is 19.6 Å². The van der Waals surface area contributed by atoms with E-state index in [0.29, 0.717) is 38.7 Å². The van der Waals surface area contributed by atoms with Crippen LogP contribution in [0.3, 0.4) is 0 Å². The summed E-state index contributed by atoms with van der Waals surface area (Å²) in [5.41, 5.74) is 2.64. The predicted octanol–water partition coefficient (Wildman–Crippen LogP) is 5.70. The maximum absolute atomic E-state index is 13.4. The van der Waals surface area contributed by atoms with E-state index in [4.69, 9.17) is 14.6 Å². The number of hydrogen-bond donors (Lipinski definition) is 0. The summed E-state index contributed by atoms with van der Waals surface area (Å²) in [6.07, 6.45) is 6.78. The van der Waals surface area contributed by atoms with Crippen LogP contribution in [0, 0.1) is 10.1 Å². The Morgan fingerprint density at radius 2 is 1.77 bits per heavy atom. The Morgan fingerprint density at radius 3 is 2.48 bits per heavy atom. The molecule has 0 atom stereocenters. The first kappa shape index (κ1) is 28.7. The molecule has 3 heterocycles. The normalized spacial score (nSPS) is 11.7. The van der Waals surface area contributed by atoms with Gasteiger partial charge in [-0.05, 0) is 61.0 Å². The molecule has 6 rings (SSSR count). The lowest BCUT2D eigenvalue weighted by Crippen LogP contribution is -2.23. The van der Waals surface area contributed by atoms with Crippen LogP contribution >= 0.6 is 11.3 Å². The average Bonchev–Trinajstić information content (AvgIpc) is 3.74. The second-order valence-electron chi connectivity index (χ2n) is 9.98. The Morgan fingerprint density at radius 1 is 1.00 bits per heavy atom. The molecule has 0 aliphatic rings. The van der Waals surface area contributed by atoms with Crippen molar-refractivity contribution in [3.63, 3.8) is 0 Å². The number of hydrogen-bond acceptors (Lipinski definition) is 9. The summed E-state index contributed by atoms with van der Waals surface area (Å²) in [5, 5.41) is 20.9. The first-order valence-corrected chi connectivity index (χ1v) is 14.9. The van der Waals surface area contributed by atoms with Gasteiger partial charge in [0.25, 0.3) is 5.56 Å². The van der Waals surface area contributed by atoms with Gasteiger partial charge >= 0.3 is 5.69 Å². The Bertz CT molecular complexity index is 2050. The summed E-state index contributed by atoms with van der Waals surface area (Å²) in [4.78, 5) is 29.7. The molecule has 6 aromatic rings. The molecule has 0 aliphatic heterocycles. The number of nitro benzene ring substituents is 1. The molecular formula is C32H28N6O5S. The quantitative estimate of drug-likeness (QED) is 0.104. The molecule has 0 unspecified atom stereocenters. The smallest absolute Gasteiger partial charge is 0.311 e. The molecule has 0 bridgehead atoms. The van der Waals surface area contributed by atoms with Gasteiger partial charge in [-0.15, -0.1) is 5.10 Å². The standard InChI is InChI=1S/C32H28N6O5S/c1-3-4-8-17-43-25-14-11-21(12-15-25)30-33-32-37(35-30)31(39)28(44-32)19-23-20-36(24-9-6-5-7-10-24)34-29(23)22-13-16-27(42-2)26(18-22)38(40)41/h5-7,9-16,18-20H,3-4,8,17H2,1-2H3/b28-19-. The lowest BCUT2D eigenvalue weighted by Gasteiger charge is -2.05. The van der Waals surface area contributed by atoms with Crippen molar-refractivity contribution in [1.82, 2.24) is 24.4 Å². The number of ether oxygens (including phenoxy) is 2. The Labute approximate surface area is 255 Å². The van der Waals surface area contributed by atoms with Crippen molar-refractivity contribution >= 4 is 28.1 Å². The molecule has 0 fully saturated rings. The molecule has 3 aromatic heterocycles. The summed E-state index contributed by atoms with van der Waals surface area (Å²) < 4.78 is 14.3. The summed E-state index contributed by atoms with van der Waals surface area (Å²) in [6, 6.07) is 21.6. The van der Waals surface area contributed by atoms with Crippen LogP contribution in [0.5, 0.6) is 11.5 Å². The number of aromatic nitrogens is 5. The Balaban J connectivity index is 1.37. The van der Waals surface area contributed by atoms with Crippen LogP contribution in [0.1, 0.15) is 31.7 Å². The van der Waals surface area contributed by atoms with Gasteiger partial charge in [0.1, 0.15) is 11.4 Å². The van der Waals surface area contributed by atoms with E-state index in [1.807, 2.05) is 54.6 Å². The minimum atomic E-state index is -0.499. The van der Waals surface area contributed by atoms with Gasteiger partial charge in [0.05, 0.1) is 28.9 Å². The van der Waals surface area contributed by atoms with Gasteiger partial charge in [0.2, 0.25) is 4.96 Å². The monoisotopic (exact) mass is 608 g/mol. The second kappa shape index (κ2) is 12.5. The minimum Gasteiger partial charge on any atom is -0.494 e. The van der Waals surface area contributed by atoms with Crippen molar-refractivity contribution in [3.8, 4) is 39.8 Å². The number of unbranched alkanes of at least 4 members (excludes halogenated alkanes) is 2. The highest BCUT2D eigenvalue weighted by atomic mass is 32.1. The zero-order valence-electron chi connectivity index (χ0n) is 24.0. The van der Waals surface area contributed by atoms with Gasteiger partial charge < -0.3 is 9.47 Å². The van der Waals surface area contributed by atoms with Crippen LogP contribution in [0.4, 0.5) is 5.69 Å². The predicted molar refractivity (Wildman–Crippen MR) is 169 cm³/mol. The highest BCUT2D eigenvalue weighted by molar-refractivity contribution is 7.15. The molecule has 0 spiro atoms. The molecule has 0 N–H and O–H groups in total. The third-order valence-corrected chi connectivity index (χ3v) is 7.97. The SMILES string of the molecule is CCCCCOc1ccc(-c2nc3s/c(=C\c4cn(-c5ccccc5)nc4-c4ccc(OC)c([N+](=O)[O-])c4)c(=O)n3n2)cc1. The van der Waals surface area contributed by atoms with Crippen molar-refractivity contribution in [3.05, 3.63) is 110 Å². The van der Waals surface area contributed by atoms with Crippen LogP contribution in [-0.2, 0) is 0 Å². The summed E-state index contributed by atoms with van der Waals surface area (Å²) >= 11 is 1.21. The largest absolute Gasteiger partial charge is 0.494 e. The van der Waals surface area contributed by atoms with E-state index in [-0.39, 0.29) is 17.0 Å². The van der Waals surface area contributed by atoms with E-state index < -0.39 is 4.92 Å². The third-order valence-electron chi connectivity index (χ3n) is 7.01. The van der Waals surface area contributed by atoms with Gasteiger partial charge in [0, 0.05) is 29.0 Å². The van der Waals surface area contributed by atoms with Gasteiger partial charge in [-0.3, -0.25) is 14.9 Å². The number of methoxy groups -OCH3 is 1. The fourth-order valence-electron chi connectivity index (χ4n) is 4.75. The highest BCUT2D eigenvalue weighted by Crippen LogP contribution is 2.33. The van der Waals surface area contributed by atoms with E-state index in [1.54, 1.807) is 23.0 Å². The second-order valence-corrected chi connectivity index (χ2v) is 11.0. The van der Waals surface area contributed by atoms with E-state index >= 15 is 0 Å². The molecule has 12 heteroatoms. The molecular weight excluding hydrogens is 580 g/mol. The van der Waals surface area contributed by atoms with Crippen LogP contribution in [0.15, 0.2) is 83.8 Å². The van der Waals surface area contributed by atoms with E-state index in [2.05, 4.69) is 17.0 Å². The first-order chi connectivity index (χ1) is 21.4. The zero-order valence-corrected chi connectivity index (χ0v) is 24.9. The number of nitrogens with zero attached hydrogens (tertiary/aromatic N) is 6. The summed E-state index contributed by atoms with van der Waals surface area (Å²) in [6.45, 7) is 2.83. The molecule has 0 saturated carbocycles. The van der Waals surface area contributed by atoms with E-state index in [1.165, 1.54) is 35.1 Å². The lowest BCUT2D eigenvalue weighted by molar-refractivity contribution is -0.385. The topological polar surface area (TPSA) is 127 Å². The van der Waals surface area contributed by atoms with Gasteiger partial charge in [-0.1, -0.05) is 49.3 Å². The summed E-state index contributed by atoms with van der Waals surface area (Å²) in [5.74, 6) is 1.37. The first-order valence-electron chi connectivity index (χ1n) is 14.1. The molecule has 0 saturated heterocycles. The van der Waals surface area contributed by atoms with Crippen molar-refractivity contribution < 1.29 is 14.4 Å². The van der Waals surface area contributed by atoms with Crippen molar-refractivity contribution in [2.24, 2.45) is 0 Å². The average molecular weight is 609 g/mol. The maximum Gasteiger partial charge on any atom is 0.311 e. The molecule has 3 aromatic carbocycles. The van der Waals surface area contributed by atoms with Gasteiger partial charge in [-0.25, -0.2) is 4.68 Å². The van der Waals surface area contributed by atoms with Gasteiger partial charge in [0.15, 0.2) is 11.6 Å². The number of fused-ring (bicyclic) bond motifs is 1. The minimum absolute atomic E-state index is 0.143. The van der Waals surface area contributed by atoms with E-state index in [0.717, 1.165) is 36.3 Å². The van der Waals surface area contributed by atoms with Crippen LogP contribution in [0.25, 0.3) is 39.4 Å². The van der Waals surface area contributed by atoms with Crippen LogP contribution in [0.2, 0.25) is 0 Å². The Kier molecular flexibility index (Phi) is 8.15. The fraction of sp³-hybridized carbons (Fsp3) is 0.188. The molecule has 11 nitrogen and oxygen atoms in total. The number of benzene rings is 3. The Hall–Kier alpha value is -5.36. The van der Waals surface area contributed by atoms with Crippen molar-refractivity contribution in [2.45, 2.75) is 26.2 Å². The third kappa shape index (κ3) is 5.79. The van der Waals surface area contributed by atoms with Crippen molar-refractivity contribution in [2.75, 3.05) is 13.7 Å². The molecule has 222 valence electrons. The number of nitro groups is 1. The molecule has 44 heavy (non-hydrogen) atoms. The highest BCUT2D eigenvalue weighted by Gasteiger charge is 2.20.